The molecule has 174 valence electrons. The van der Waals surface area contributed by atoms with E-state index in [2.05, 4.69) is 60.1 Å². The van der Waals surface area contributed by atoms with Crippen molar-refractivity contribution in [1.82, 2.24) is 4.67 Å². The summed E-state index contributed by atoms with van der Waals surface area (Å²) in [5.74, 6) is 1.23. The molecule has 0 saturated carbocycles. The maximum absolute atomic E-state index is 11.9. The van der Waals surface area contributed by atoms with Crippen LogP contribution in [0, 0.1) is 10.8 Å². The molecule has 0 aliphatic rings. The molecule has 0 amide bonds. The summed E-state index contributed by atoms with van der Waals surface area (Å²) < 4.78 is 14.1. The SMILES string of the molecule is CC(C)(C)C.CC(C)N(C(C)C)P(OCCSC=O)OCCSC(=O)C(C)(C)C. The van der Waals surface area contributed by atoms with Crippen LogP contribution in [-0.4, -0.2) is 52.2 Å². The molecular weight excluding hydrogens is 425 g/mol. The van der Waals surface area contributed by atoms with Gasteiger partial charge in [0.2, 0.25) is 0 Å². The van der Waals surface area contributed by atoms with Crippen molar-refractivity contribution in [3.8, 4) is 0 Å². The van der Waals surface area contributed by atoms with Crippen molar-refractivity contribution >= 4 is 42.8 Å². The van der Waals surface area contributed by atoms with E-state index < -0.39 is 8.53 Å². The molecule has 0 heterocycles. The second-order valence-electron chi connectivity index (χ2n) is 9.82. The van der Waals surface area contributed by atoms with Gasteiger partial charge in [-0.25, -0.2) is 4.67 Å². The van der Waals surface area contributed by atoms with Gasteiger partial charge in [-0.3, -0.25) is 9.59 Å². The molecule has 0 rings (SSSR count). The van der Waals surface area contributed by atoms with Crippen molar-refractivity contribution in [2.75, 3.05) is 24.7 Å². The molecule has 0 aromatic rings. The Morgan fingerprint density at radius 3 is 1.69 bits per heavy atom. The van der Waals surface area contributed by atoms with Gasteiger partial charge in [-0.15, -0.1) is 0 Å². The summed E-state index contributed by atoms with van der Waals surface area (Å²) in [6.45, 7) is 23.9. The first-order chi connectivity index (χ1) is 13.1. The molecular formula is C21H44NO4PS2. The lowest BCUT2D eigenvalue weighted by Gasteiger charge is -2.35. The number of nitrogens with zero attached hydrogens (tertiary/aromatic N) is 1. The molecule has 29 heavy (non-hydrogen) atoms. The maximum atomic E-state index is 11.9. The van der Waals surface area contributed by atoms with E-state index in [4.69, 9.17) is 9.05 Å². The Bertz CT molecular complexity index is 435. The lowest BCUT2D eigenvalue weighted by atomic mass is 10.00. The average Bonchev–Trinajstić information content (AvgIpc) is 2.51. The first-order valence-electron chi connectivity index (χ1n) is 10.2. The first-order valence-corrected chi connectivity index (χ1v) is 13.3. The normalized spacial score (nSPS) is 13.4. The van der Waals surface area contributed by atoms with Gasteiger partial charge in [-0.1, -0.05) is 72.0 Å². The highest BCUT2D eigenvalue weighted by Gasteiger charge is 2.27. The molecule has 0 fully saturated rings. The molecule has 0 radical (unpaired) electrons. The van der Waals surface area contributed by atoms with Gasteiger partial charge in [-0.2, -0.15) is 0 Å². The van der Waals surface area contributed by atoms with Gasteiger partial charge in [0.15, 0.2) is 10.7 Å². The summed E-state index contributed by atoms with van der Waals surface area (Å²) in [6, 6.07) is 0.581. The van der Waals surface area contributed by atoms with Gasteiger partial charge in [0.05, 0.1) is 13.2 Å². The molecule has 0 spiro atoms. The number of carbonyl (C=O) groups is 2. The topological polar surface area (TPSA) is 55.8 Å². The molecule has 0 aromatic carbocycles. The van der Waals surface area contributed by atoms with Crippen LogP contribution in [0.2, 0.25) is 0 Å². The Hall–Kier alpha value is 0.350. The van der Waals surface area contributed by atoms with Crippen molar-refractivity contribution in [3.63, 3.8) is 0 Å². The van der Waals surface area contributed by atoms with Crippen LogP contribution in [0.15, 0.2) is 0 Å². The van der Waals surface area contributed by atoms with Crippen molar-refractivity contribution in [2.45, 2.75) is 88.2 Å². The fraction of sp³-hybridized carbons (Fsp3) is 0.905. The van der Waals surface area contributed by atoms with Crippen LogP contribution >= 0.6 is 32.0 Å². The monoisotopic (exact) mass is 469 g/mol. The summed E-state index contributed by atoms with van der Waals surface area (Å²) in [4.78, 5) is 22.3. The van der Waals surface area contributed by atoms with Crippen molar-refractivity contribution < 1.29 is 18.6 Å². The molecule has 0 aliphatic carbocycles. The quantitative estimate of drug-likeness (QED) is 0.180. The maximum Gasteiger partial charge on any atom is 0.259 e. The van der Waals surface area contributed by atoms with Crippen LogP contribution in [0.5, 0.6) is 0 Å². The third kappa shape index (κ3) is 20.0. The zero-order chi connectivity index (χ0) is 23.3. The fourth-order valence-electron chi connectivity index (χ4n) is 1.82. The zero-order valence-corrected chi connectivity index (χ0v) is 22.9. The third-order valence-corrected chi connectivity index (χ3v) is 6.74. The fourth-order valence-corrected chi connectivity index (χ4v) is 4.72. The second kappa shape index (κ2) is 16.0. The van der Waals surface area contributed by atoms with Gasteiger partial charge in [0.1, 0.15) is 0 Å². The minimum absolute atomic E-state index is 0.170. The summed E-state index contributed by atoms with van der Waals surface area (Å²) in [5, 5.41) is 0.170. The average molecular weight is 470 g/mol. The number of thioether (sulfide) groups is 2. The van der Waals surface area contributed by atoms with E-state index in [0.717, 1.165) is 5.62 Å². The Morgan fingerprint density at radius 1 is 0.931 bits per heavy atom. The number of hydrogen-bond acceptors (Lipinski definition) is 7. The number of carbonyl (C=O) groups excluding carboxylic acids is 2. The predicted molar refractivity (Wildman–Crippen MR) is 132 cm³/mol. The summed E-state index contributed by atoms with van der Waals surface area (Å²) >= 11 is 2.50. The molecule has 0 aromatic heterocycles. The number of rotatable bonds is 12. The van der Waals surface area contributed by atoms with E-state index in [1.54, 1.807) is 0 Å². The molecule has 1 atom stereocenters. The van der Waals surface area contributed by atoms with Gasteiger partial charge >= 0.3 is 0 Å². The third-order valence-electron chi connectivity index (χ3n) is 2.85. The highest BCUT2D eigenvalue weighted by atomic mass is 32.2. The van der Waals surface area contributed by atoms with Crippen molar-refractivity contribution in [3.05, 3.63) is 0 Å². The minimum atomic E-state index is -1.20. The standard InChI is InChI=1S/C16H32NO4PS2.C5H12/c1-13(2)17(14(3)4)22(20-8-10-23-12-18)21-9-11-24-15(19)16(5,6)7;1-5(2,3)4/h12-14H,8-11H2,1-7H3;1-4H3. The minimum Gasteiger partial charge on any atom is -0.321 e. The highest BCUT2D eigenvalue weighted by molar-refractivity contribution is 8.13. The molecule has 0 saturated heterocycles. The lowest BCUT2D eigenvalue weighted by molar-refractivity contribution is -0.117. The molecule has 8 heteroatoms. The predicted octanol–water partition coefficient (Wildman–Crippen LogP) is 6.65. The van der Waals surface area contributed by atoms with Gasteiger partial charge in [0, 0.05) is 29.0 Å². The Balaban J connectivity index is 0. The van der Waals surface area contributed by atoms with Crippen LogP contribution in [0.25, 0.3) is 0 Å². The van der Waals surface area contributed by atoms with E-state index in [-0.39, 0.29) is 10.5 Å². The van der Waals surface area contributed by atoms with E-state index in [1.807, 2.05) is 20.8 Å². The van der Waals surface area contributed by atoms with Crippen LogP contribution < -0.4 is 0 Å². The zero-order valence-electron chi connectivity index (χ0n) is 20.4. The van der Waals surface area contributed by atoms with Gasteiger partial charge in [-0.05, 0) is 33.1 Å². The molecule has 0 aliphatic heterocycles. The van der Waals surface area contributed by atoms with Crippen molar-refractivity contribution in [1.29, 1.82) is 0 Å². The first kappa shape index (κ1) is 31.5. The molecule has 0 N–H and O–H groups in total. The molecule has 0 bridgehead atoms. The molecule has 1 unspecified atom stereocenters. The van der Waals surface area contributed by atoms with Crippen LogP contribution in [0.4, 0.5) is 0 Å². The lowest BCUT2D eigenvalue weighted by Crippen LogP contribution is -2.34. The summed E-state index contributed by atoms with van der Waals surface area (Å²) in [5.41, 5.74) is 0.990. The van der Waals surface area contributed by atoms with E-state index >= 15 is 0 Å². The molecule has 5 nitrogen and oxygen atoms in total. The second-order valence-corrected chi connectivity index (χ2v) is 13.3. The van der Waals surface area contributed by atoms with E-state index in [1.165, 1.54) is 23.5 Å². The van der Waals surface area contributed by atoms with Crippen LogP contribution in [0.1, 0.15) is 76.2 Å². The largest absolute Gasteiger partial charge is 0.321 e. The van der Waals surface area contributed by atoms with Crippen LogP contribution in [-0.2, 0) is 18.6 Å². The number of hydrogen-bond donors (Lipinski definition) is 0. The summed E-state index contributed by atoms with van der Waals surface area (Å²) in [6.07, 6.45) is 0. The van der Waals surface area contributed by atoms with Crippen LogP contribution in [0.3, 0.4) is 0 Å². The highest BCUT2D eigenvalue weighted by Crippen LogP contribution is 2.46. The summed E-state index contributed by atoms with van der Waals surface area (Å²) in [7, 11) is -1.20. The smallest absolute Gasteiger partial charge is 0.259 e. The van der Waals surface area contributed by atoms with Gasteiger partial charge in [0.25, 0.3) is 8.53 Å². The Kier molecular flexibility index (Phi) is 17.5. The van der Waals surface area contributed by atoms with E-state index in [9.17, 15) is 9.59 Å². The van der Waals surface area contributed by atoms with Crippen molar-refractivity contribution in [2.24, 2.45) is 10.8 Å². The Morgan fingerprint density at radius 2 is 1.34 bits per heavy atom. The van der Waals surface area contributed by atoms with Gasteiger partial charge < -0.3 is 9.05 Å². The van der Waals surface area contributed by atoms with E-state index in [0.29, 0.717) is 42.2 Å². The Labute approximate surface area is 189 Å².